The third-order valence-electron chi connectivity index (χ3n) is 6.29. The molecule has 12 heteroatoms. The van der Waals surface area contributed by atoms with Crippen molar-refractivity contribution in [3.05, 3.63) is 72.4 Å². The predicted octanol–water partition coefficient (Wildman–Crippen LogP) is 2.23. The largest absolute Gasteiger partial charge is 0.445 e. The van der Waals surface area contributed by atoms with E-state index in [1.54, 1.807) is 9.20 Å². The van der Waals surface area contributed by atoms with Crippen LogP contribution in [0, 0.1) is 0 Å². The Balaban J connectivity index is 1.30. The molecule has 0 aliphatic carbocycles. The highest BCUT2D eigenvalue weighted by atomic mass is 16.6. The Kier molecular flexibility index (Phi) is 6.04. The number of carbonyl (C=O) groups is 2. The van der Waals surface area contributed by atoms with Gasteiger partial charge < -0.3 is 20.3 Å². The van der Waals surface area contributed by atoms with E-state index in [0.717, 1.165) is 10.9 Å². The number of aromatic nitrogens is 6. The topological polar surface area (TPSA) is 132 Å². The average molecular weight is 512 g/mol. The number of aryl methyl sites for hydroxylation is 1. The predicted molar refractivity (Wildman–Crippen MR) is 139 cm³/mol. The van der Waals surface area contributed by atoms with Crippen molar-refractivity contribution in [3.8, 4) is 11.5 Å². The molecule has 1 aliphatic rings. The van der Waals surface area contributed by atoms with Crippen LogP contribution in [0.25, 0.3) is 28.1 Å². The van der Waals surface area contributed by atoms with E-state index in [1.807, 2.05) is 73.9 Å². The molecule has 3 aromatic heterocycles. The van der Waals surface area contributed by atoms with Gasteiger partial charge in [0.2, 0.25) is 17.7 Å². The maximum absolute atomic E-state index is 13.0. The number of rotatable bonds is 5. The fourth-order valence-corrected chi connectivity index (χ4v) is 4.37. The number of carbonyl (C=O) groups excluding carboxylic acids is 2. The van der Waals surface area contributed by atoms with E-state index >= 15 is 0 Å². The van der Waals surface area contributed by atoms with Gasteiger partial charge in [0.15, 0.2) is 5.65 Å². The molecular formula is C26H25N9O3. The van der Waals surface area contributed by atoms with Crippen LogP contribution >= 0.6 is 0 Å². The minimum absolute atomic E-state index is 0.0945. The van der Waals surface area contributed by atoms with E-state index in [9.17, 15) is 9.59 Å². The van der Waals surface area contributed by atoms with Gasteiger partial charge in [0.25, 0.3) is 0 Å². The summed E-state index contributed by atoms with van der Waals surface area (Å²) in [7, 11) is 1.82. The molecule has 1 fully saturated rings. The number of hydrogen-bond donors (Lipinski definition) is 2. The Morgan fingerprint density at radius 2 is 1.89 bits per heavy atom. The lowest BCUT2D eigenvalue weighted by molar-refractivity contribution is -0.121. The molecule has 6 rings (SSSR count). The summed E-state index contributed by atoms with van der Waals surface area (Å²) in [6.45, 7) is 0.880. The van der Waals surface area contributed by atoms with E-state index in [4.69, 9.17) is 14.7 Å². The van der Waals surface area contributed by atoms with Crippen LogP contribution in [0.15, 0.2) is 66.9 Å². The molecule has 2 amide bonds. The second-order valence-corrected chi connectivity index (χ2v) is 8.97. The lowest BCUT2D eigenvalue weighted by Crippen LogP contribution is -2.44. The van der Waals surface area contributed by atoms with Crippen LogP contribution in [0.5, 0.6) is 0 Å². The van der Waals surface area contributed by atoms with Gasteiger partial charge in [-0.1, -0.05) is 42.5 Å². The van der Waals surface area contributed by atoms with Gasteiger partial charge in [-0.3, -0.25) is 9.48 Å². The summed E-state index contributed by atoms with van der Waals surface area (Å²) < 4.78 is 8.76. The lowest BCUT2D eigenvalue weighted by atomic mass is 10.2. The summed E-state index contributed by atoms with van der Waals surface area (Å²) in [5, 5.41) is 15.9. The molecule has 2 aromatic carbocycles. The maximum atomic E-state index is 13.0. The fourth-order valence-electron chi connectivity index (χ4n) is 4.37. The zero-order valence-electron chi connectivity index (χ0n) is 20.6. The number of ether oxygens (including phenoxy) is 1. The minimum Gasteiger partial charge on any atom is -0.445 e. The van der Waals surface area contributed by atoms with E-state index in [2.05, 4.69) is 20.8 Å². The summed E-state index contributed by atoms with van der Waals surface area (Å²) in [4.78, 5) is 36.8. The molecule has 1 aliphatic heterocycles. The van der Waals surface area contributed by atoms with Crippen molar-refractivity contribution < 1.29 is 14.3 Å². The molecule has 38 heavy (non-hydrogen) atoms. The molecule has 1 atom stereocenters. The van der Waals surface area contributed by atoms with E-state index in [-0.39, 0.29) is 19.1 Å². The highest BCUT2D eigenvalue weighted by Crippen LogP contribution is 2.24. The third-order valence-corrected chi connectivity index (χ3v) is 6.29. The number of benzene rings is 2. The fraction of sp³-hybridized carbons (Fsp3) is 0.231. The average Bonchev–Trinajstić information content (AvgIpc) is 3.53. The molecule has 0 saturated carbocycles. The minimum atomic E-state index is -0.791. The van der Waals surface area contributed by atoms with Gasteiger partial charge in [0.1, 0.15) is 18.3 Å². The Morgan fingerprint density at radius 1 is 1.08 bits per heavy atom. The molecule has 1 saturated heterocycles. The summed E-state index contributed by atoms with van der Waals surface area (Å²) in [5.41, 5.74) is 2.77. The van der Waals surface area contributed by atoms with Crippen molar-refractivity contribution in [2.75, 3.05) is 25.0 Å². The molecule has 0 radical (unpaired) electrons. The molecule has 0 spiro atoms. The van der Waals surface area contributed by atoms with E-state index in [0.29, 0.717) is 41.7 Å². The molecule has 2 N–H and O–H groups in total. The Labute approximate surface area is 217 Å². The summed E-state index contributed by atoms with van der Waals surface area (Å²) in [6, 6.07) is 18.1. The molecule has 4 heterocycles. The van der Waals surface area contributed by atoms with Crippen LogP contribution in [0.1, 0.15) is 5.56 Å². The van der Waals surface area contributed by atoms with Gasteiger partial charge in [0.05, 0.1) is 12.1 Å². The molecule has 12 nitrogen and oxygen atoms in total. The first-order chi connectivity index (χ1) is 18.5. The first-order valence-corrected chi connectivity index (χ1v) is 12.2. The summed E-state index contributed by atoms with van der Waals surface area (Å²) in [5.74, 6) is 0.507. The standard InChI is InChI=1S/C26H25N9O3/c1-33-13-11-20(31-33)22-30-23-18-9-5-6-10-19(18)28-25(35(23)32-22)29-21-15-34(14-12-27-24(21)36)26(37)38-16-17-7-3-2-4-8-17/h2-11,13,21H,12,14-16H2,1H3,(H,27,36)(H,28,29)/t21-/m0/s1. The first kappa shape index (κ1) is 23.4. The van der Waals surface area contributed by atoms with Gasteiger partial charge in [-0.05, 0) is 23.8 Å². The van der Waals surface area contributed by atoms with Crippen molar-refractivity contribution in [3.63, 3.8) is 0 Å². The zero-order valence-corrected chi connectivity index (χ0v) is 20.6. The SMILES string of the molecule is Cn1ccc(-c2nc3c4ccccc4nc(N[C@H]4CN(C(=O)OCc5ccccc5)CCNC4=O)n3n2)n1. The number of nitrogens with one attached hydrogen (secondary N) is 2. The van der Waals surface area contributed by atoms with Crippen molar-refractivity contribution in [2.45, 2.75) is 12.6 Å². The van der Waals surface area contributed by atoms with Gasteiger partial charge >= 0.3 is 6.09 Å². The second-order valence-electron chi connectivity index (χ2n) is 8.97. The van der Waals surface area contributed by atoms with E-state index in [1.165, 1.54) is 4.90 Å². The number of anilines is 1. The summed E-state index contributed by atoms with van der Waals surface area (Å²) in [6.07, 6.45) is 1.32. The quantitative estimate of drug-likeness (QED) is 0.367. The van der Waals surface area contributed by atoms with Crippen molar-refractivity contribution in [2.24, 2.45) is 7.05 Å². The van der Waals surface area contributed by atoms with Crippen molar-refractivity contribution in [1.29, 1.82) is 0 Å². The number of hydrogen-bond acceptors (Lipinski definition) is 8. The van der Waals surface area contributed by atoms with Crippen LogP contribution < -0.4 is 10.6 Å². The van der Waals surface area contributed by atoms with Crippen LogP contribution in [-0.4, -0.2) is 71.9 Å². The van der Waals surface area contributed by atoms with Crippen LogP contribution in [-0.2, 0) is 23.2 Å². The molecule has 5 aromatic rings. The number of fused-ring (bicyclic) bond motifs is 3. The van der Waals surface area contributed by atoms with Crippen molar-refractivity contribution >= 4 is 34.5 Å². The van der Waals surface area contributed by atoms with Crippen LogP contribution in [0.4, 0.5) is 10.7 Å². The Bertz CT molecular complexity index is 1630. The van der Waals surface area contributed by atoms with Gasteiger partial charge in [-0.15, -0.1) is 5.10 Å². The highest BCUT2D eigenvalue weighted by molar-refractivity contribution is 5.93. The van der Waals surface area contributed by atoms with Crippen molar-refractivity contribution in [1.82, 2.24) is 39.6 Å². The van der Waals surface area contributed by atoms with Gasteiger partial charge in [-0.25, -0.2) is 14.8 Å². The zero-order chi connectivity index (χ0) is 26.1. The number of para-hydroxylation sites is 1. The third kappa shape index (κ3) is 4.59. The Morgan fingerprint density at radius 3 is 2.71 bits per heavy atom. The van der Waals surface area contributed by atoms with Gasteiger partial charge in [-0.2, -0.15) is 9.61 Å². The van der Waals surface area contributed by atoms with Gasteiger partial charge in [0, 0.05) is 31.7 Å². The highest BCUT2D eigenvalue weighted by Gasteiger charge is 2.30. The first-order valence-electron chi connectivity index (χ1n) is 12.2. The molecule has 0 unspecified atom stereocenters. The summed E-state index contributed by atoms with van der Waals surface area (Å²) >= 11 is 0. The second kappa shape index (κ2) is 9.81. The van der Waals surface area contributed by atoms with Crippen LogP contribution in [0.2, 0.25) is 0 Å². The monoisotopic (exact) mass is 511 g/mol. The molecule has 0 bridgehead atoms. The smallest absolute Gasteiger partial charge is 0.410 e. The number of nitrogens with zero attached hydrogens (tertiary/aromatic N) is 7. The van der Waals surface area contributed by atoms with Crippen LogP contribution in [0.3, 0.4) is 0 Å². The van der Waals surface area contributed by atoms with E-state index < -0.39 is 12.1 Å². The molecular weight excluding hydrogens is 486 g/mol. The number of amides is 2. The Hall–Kier alpha value is -5.00. The maximum Gasteiger partial charge on any atom is 0.410 e. The normalized spacial score (nSPS) is 15.9. The lowest BCUT2D eigenvalue weighted by Gasteiger charge is -2.23. The molecule has 192 valence electrons.